The normalized spacial score (nSPS) is 11.3. The van der Waals surface area contributed by atoms with Gasteiger partial charge in [0.15, 0.2) is 5.96 Å². The molecule has 0 aromatic heterocycles. The molecule has 0 bridgehead atoms. The van der Waals surface area contributed by atoms with Gasteiger partial charge in [0.25, 0.3) is 0 Å². The van der Waals surface area contributed by atoms with Crippen molar-refractivity contribution in [3.63, 3.8) is 0 Å². The second-order valence-electron chi connectivity index (χ2n) is 6.08. The number of aryl methyl sites for hydroxylation is 1. The van der Waals surface area contributed by atoms with Gasteiger partial charge in [-0.1, -0.05) is 29.8 Å². The van der Waals surface area contributed by atoms with Crippen molar-refractivity contribution in [3.05, 3.63) is 35.4 Å². The van der Waals surface area contributed by atoms with E-state index in [4.69, 9.17) is 4.74 Å². The van der Waals surface area contributed by atoms with Gasteiger partial charge in [0, 0.05) is 39.9 Å². The molecule has 0 saturated heterocycles. The van der Waals surface area contributed by atoms with Crippen molar-refractivity contribution in [1.29, 1.82) is 0 Å². The number of nitrogens with one attached hydrogen (secondary N) is 2. The molecule has 1 aromatic carbocycles. The first-order valence-electron chi connectivity index (χ1n) is 8.91. The van der Waals surface area contributed by atoms with E-state index in [9.17, 15) is 0 Å². The summed E-state index contributed by atoms with van der Waals surface area (Å²) in [6, 6.07) is 8.66. The summed E-state index contributed by atoms with van der Waals surface area (Å²) in [5.74, 6) is 0.899. The zero-order valence-electron chi connectivity index (χ0n) is 16.2. The third-order valence-electron chi connectivity index (χ3n) is 3.77. The third kappa shape index (κ3) is 12.2. The van der Waals surface area contributed by atoms with Crippen LogP contribution in [0, 0.1) is 6.92 Å². The van der Waals surface area contributed by atoms with E-state index >= 15 is 0 Å². The largest absolute Gasteiger partial charge is 0.385 e. The lowest BCUT2D eigenvalue weighted by Crippen LogP contribution is -2.39. The maximum absolute atomic E-state index is 5.08. The van der Waals surface area contributed by atoms with Crippen LogP contribution in [0.4, 0.5) is 0 Å². The van der Waals surface area contributed by atoms with Crippen LogP contribution in [0.2, 0.25) is 0 Å². The van der Waals surface area contributed by atoms with Crippen molar-refractivity contribution >= 4 is 29.9 Å². The molecule has 0 spiro atoms. The molecule has 0 saturated carbocycles. The van der Waals surface area contributed by atoms with Gasteiger partial charge >= 0.3 is 0 Å². The second kappa shape index (κ2) is 15.4. The molecule has 0 unspecified atom stereocenters. The van der Waals surface area contributed by atoms with Gasteiger partial charge in [0.2, 0.25) is 0 Å². The molecule has 0 aliphatic carbocycles. The van der Waals surface area contributed by atoms with E-state index in [1.807, 2.05) is 0 Å². The summed E-state index contributed by atoms with van der Waals surface area (Å²) in [5.41, 5.74) is 2.67. The molecule has 2 N–H and O–H groups in total. The van der Waals surface area contributed by atoms with Crippen molar-refractivity contribution in [1.82, 2.24) is 15.5 Å². The van der Waals surface area contributed by atoms with Gasteiger partial charge in [-0.2, -0.15) is 0 Å². The predicted molar refractivity (Wildman–Crippen MR) is 118 cm³/mol. The van der Waals surface area contributed by atoms with E-state index in [0.29, 0.717) is 0 Å². The number of hydrogen-bond acceptors (Lipinski definition) is 3. The summed E-state index contributed by atoms with van der Waals surface area (Å²) in [6.07, 6.45) is 2.06. The molecule has 6 heteroatoms. The summed E-state index contributed by atoms with van der Waals surface area (Å²) >= 11 is 0. The zero-order chi connectivity index (χ0) is 17.6. The molecule has 0 fully saturated rings. The van der Waals surface area contributed by atoms with E-state index in [1.54, 1.807) is 7.11 Å². The van der Waals surface area contributed by atoms with Crippen LogP contribution >= 0.6 is 24.0 Å². The molecule has 5 nitrogen and oxygen atoms in total. The van der Waals surface area contributed by atoms with Crippen LogP contribution in [-0.4, -0.2) is 64.3 Å². The minimum Gasteiger partial charge on any atom is -0.385 e. The van der Waals surface area contributed by atoms with Gasteiger partial charge in [-0.25, -0.2) is 0 Å². The van der Waals surface area contributed by atoms with Gasteiger partial charge < -0.3 is 20.3 Å². The smallest absolute Gasteiger partial charge is 0.191 e. The minimum absolute atomic E-state index is 0. The fourth-order valence-corrected chi connectivity index (χ4v) is 2.46. The monoisotopic (exact) mass is 462 g/mol. The second-order valence-corrected chi connectivity index (χ2v) is 6.08. The Balaban J connectivity index is 0.00000576. The summed E-state index contributed by atoms with van der Waals surface area (Å²) in [5, 5.41) is 6.72. The van der Waals surface area contributed by atoms with E-state index in [-0.39, 0.29) is 24.0 Å². The Hall–Kier alpha value is -0.860. The first kappa shape index (κ1) is 24.1. The highest BCUT2D eigenvalue weighted by Gasteiger charge is 2.00. The summed E-state index contributed by atoms with van der Waals surface area (Å²) in [6.45, 7) is 9.60. The van der Waals surface area contributed by atoms with Crippen LogP contribution in [0.5, 0.6) is 0 Å². The molecule has 0 heterocycles. The van der Waals surface area contributed by atoms with Gasteiger partial charge in [-0.15, -0.1) is 24.0 Å². The van der Waals surface area contributed by atoms with Crippen LogP contribution in [0.3, 0.4) is 0 Å². The van der Waals surface area contributed by atoms with Crippen LogP contribution in [0.1, 0.15) is 24.5 Å². The van der Waals surface area contributed by atoms with Crippen LogP contribution in [0.15, 0.2) is 29.3 Å². The summed E-state index contributed by atoms with van der Waals surface area (Å²) in [4.78, 5) is 6.94. The predicted octanol–water partition coefficient (Wildman–Crippen LogP) is 2.68. The number of guanidine groups is 1. The highest BCUT2D eigenvalue weighted by atomic mass is 127. The molecule has 25 heavy (non-hydrogen) atoms. The number of nitrogens with zero attached hydrogens (tertiary/aromatic N) is 2. The number of methoxy groups -OCH3 is 1. The topological polar surface area (TPSA) is 48.9 Å². The molecule has 0 atom stereocenters. The third-order valence-corrected chi connectivity index (χ3v) is 3.77. The van der Waals surface area contributed by atoms with Crippen molar-refractivity contribution in [2.45, 2.75) is 26.7 Å². The molecule has 0 radical (unpaired) electrons. The maximum Gasteiger partial charge on any atom is 0.191 e. The number of rotatable bonds is 11. The Morgan fingerprint density at radius 3 is 2.72 bits per heavy atom. The number of likely N-dealkylation sites (N-methyl/N-ethyl adjacent to an activating group) is 1. The van der Waals surface area contributed by atoms with Gasteiger partial charge in [-0.3, -0.25) is 4.99 Å². The van der Waals surface area contributed by atoms with Crippen molar-refractivity contribution < 1.29 is 4.74 Å². The lowest BCUT2D eigenvalue weighted by Gasteiger charge is -2.16. The molecule has 144 valence electrons. The van der Waals surface area contributed by atoms with E-state index in [2.05, 4.69) is 65.7 Å². The van der Waals surface area contributed by atoms with Gasteiger partial charge in [0.05, 0.1) is 6.54 Å². The van der Waals surface area contributed by atoms with Gasteiger partial charge in [0.1, 0.15) is 0 Å². The highest BCUT2D eigenvalue weighted by Crippen LogP contribution is 2.03. The van der Waals surface area contributed by atoms with Crippen LogP contribution < -0.4 is 10.6 Å². The fourth-order valence-electron chi connectivity index (χ4n) is 2.46. The average molecular weight is 462 g/mol. The SMILES string of the molecule is CCNC(=NCCN(C)CCCOC)NCCc1cccc(C)c1.I. The Kier molecular flexibility index (Phi) is 14.9. The molecule has 1 rings (SSSR count). The molecule has 0 aliphatic heterocycles. The standard InChI is InChI=1S/C19H34N4O.HI/c1-5-20-19(22-12-14-23(3)13-7-15-24-4)21-11-10-18-9-6-8-17(2)16-18;/h6,8-9,16H,5,7,10-15H2,1-4H3,(H2,20,21,22);1H. The molecule has 0 aliphatic rings. The maximum atomic E-state index is 5.08. The van der Waals surface area contributed by atoms with Crippen LogP contribution in [0.25, 0.3) is 0 Å². The Morgan fingerprint density at radius 1 is 1.24 bits per heavy atom. The number of aliphatic imine (C=N–C) groups is 1. The molecule has 0 amide bonds. The fraction of sp³-hybridized carbons (Fsp3) is 0.632. The number of halogens is 1. The first-order valence-corrected chi connectivity index (χ1v) is 8.91. The number of benzene rings is 1. The molecular weight excluding hydrogens is 427 g/mol. The lowest BCUT2D eigenvalue weighted by molar-refractivity contribution is 0.180. The lowest BCUT2D eigenvalue weighted by atomic mass is 10.1. The van der Waals surface area contributed by atoms with Crippen molar-refractivity contribution in [2.24, 2.45) is 4.99 Å². The van der Waals surface area contributed by atoms with E-state index < -0.39 is 0 Å². The Labute approximate surface area is 170 Å². The van der Waals surface area contributed by atoms with Gasteiger partial charge in [-0.05, 0) is 39.3 Å². The summed E-state index contributed by atoms with van der Waals surface area (Å²) in [7, 11) is 3.87. The molecular formula is C19H35IN4O. The Bertz CT molecular complexity index is 482. The van der Waals surface area contributed by atoms with Crippen molar-refractivity contribution in [2.75, 3.05) is 53.5 Å². The highest BCUT2D eigenvalue weighted by molar-refractivity contribution is 14.0. The zero-order valence-corrected chi connectivity index (χ0v) is 18.5. The number of hydrogen-bond donors (Lipinski definition) is 2. The molecule has 1 aromatic rings. The Morgan fingerprint density at radius 2 is 2.04 bits per heavy atom. The van der Waals surface area contributed by atoms with E-state index in [1.165, 1.54) is 11.1 Å². The summed E-state index contributed by atoms with van der Waals surface area (Å²) < 4.78 is 5.08. The van der Waals surface area contributed by atoms with E-state index in [0.717, 1.165) is 58.1 Å². The minimum atomic E-state index is 0. The average Bonchev–Trinajstić information content (AvgIpc) is 2.55. The van der Waals surface area contributed by atoms with Crippen molar-refractivity contribution in [3.8, 4) is 0 Å². The quantitative estimate of drug-likeness (QED) is 0.230. The van der Waals surface area contributed by atoms with Crippen LogP contribution in [-0.2, 0) is 11.2 Å². The number of ether oxygens (including phenoxy) is 1. The first-order chi connectivity index (χ1) is 11.7.